The van der Waals surface area contributed by atoms with Crippen molar-refractivity contribution in [2.45, 2.75) is 19.8 Å². The van der Waals surface area contributed by atoms with Crippen LogP contribution >= 0.6 is 23.8 Å². The number of hydrogen-bond donors (Lipinski definition) is 2. The van der Waals surface area contributed by atoms with Gasteiger partial charge in [-0.3, -0.25) is 0 Å². The number of anilines is 2. The minimum atomic E-state index is 0.409. The third-order valence-corrected chi connectivity index (χ3v) is 3.73. The molecule has 0 aromatic carbocycles. The van der Waals surface area contributed by atoms with Gasteiger partial charge >= 0.3 is 0 Å². The molecule has 1 saturated heterocycles. The Balaban J connectivity index is 2.09. The molecule has 0 unspecified atom stereocenters. The first kappa shape index (κ1) is 16.0. The second-order valence-corrected chi connectivity index (χ2v) is 5.99. The Morgan fingerprint density at radius 1 is 1.62 bits per heavy atom. The fourth-order valence-corrected chi connectivity index (χ4v) is 2.68. The normalized spacial score (nSPS) is 18.2. The summed E-state index contributed by atoms with van der Waals surface area (Å²) >= 11 is 11.3. The lowest BCUT2D eigenvalue weighted by atomic mass is 10.0. The van der Waals surface area contributed by atoms with Crippen LogP contribution in [0, 0.1) is 5.92 Å². The highest BCUT2D eigenvalue weighted by atomic mass is 35.5. The molecule has 2 N–H and O–H groups in total. The van der Waals surface area contributed by atoms with E-state index in [1.54, 1.807) is 12.1 Å². The molecule has 114 valence electrons. The third-order valence-electron chi connectivity index (χ3n) is 3.29. The molecule has 1 aromatic rings. The summed E-state index contributed by atoms with van der Waals surface area (Å²) in [5.41, 5.74) is 0. The molecule has 5 nitrogen and oxygen atoms in total. The summed E-state index contributed by atoms with van der Waals surface area (Å²) in [5.74, 6) is 1.92. The Labute approximate surface area is 135 Å². The second kappa shape index (κ2) is 7.56. The monoisotopic (exact) mass is 325 g/mol. The highest BCUT2D eigenvalue weighted by molar-refractivity contribution is 7.80. The van der Waals surface area contributed by atoms with Gasteiger partial charge in [0.05, 0.1) is 0 Å². The summed E-state index contributed by atoms with van der Waals surface area (Å²) in [6.07, 6.45) is 4.16. The molecule has 0 aliphatic carbocycles. The summed E-state index contributed by atoms with van der Waals surface area (Å²) in [6, 6.07) is 1.80. The number of thiocarbonyl (C=S) groups is 1. The minimum absolute atomic E-state index is 0.409. The highest BCUT2D eigenvalue weighted by Crippen LogP contribution is 2.24. The molecule has 7 heteroatoms. The molecule has 1 aliphatic rings. The van der Waals surface area contributed by atoms with Crippen molar-refractivity contribution in [3.05, 3.63) is 23.9 Å². The zero-order chi connectivity index (χ0) is 15.2. The van der Waals surface area contributed by atoms with Crippen LogP contribution < -0.4 is 15.5 Å². The largest absolute Gasteiger partial charge is 0.359 e. The average molecular weight is 326 g/mol. The molecular weight excluding hydrogens is 306 g/mol. The molecule has 1 fully saturated rings. The van der Waals surface area contributed by atoms with Gasteiger partial charge in [-0.25, -0.2) is 4.98 Å². The zero-order valence-electron chi connectivity index (χ0n) is 12.1. The lowest BCUT2D eigenvalue weighted by Gasteiger charge is -2.32. The van der Waals surface area contributed by atoms with Gasteiger partial charge in [-0.1, -0.05) is 24.6 Å². The van der Waals surface area contributed by atoms with Crippen molar-refractivity contribution in [1.29, 1.82) is 0 Å². The lowest BCUT2D eigenvalue weighted by molar-refractivity contribution is 0.444. The van der Waals surface area contributed by atoms with Gasteiger partial charge in [0.25, 0.3) is 0 Å². The number of hydrogen-bond acceptors (Lipinski definition) is 4. The number of rotatable bonds is 4. The van der Waals surface area contributed by atoms with Gasteiger partial charge in [0, 0.05) is 25.7 Å². The smallest absolute Gasteiger partial charge is 0.232 e. The van der Waals surface area contributed by atoms with Gasteiger partial charge in [-0.05, 0) is 31.0 Å². The standard InChI is InChI=1S/C14H20ClN5S/c1-3-6-16-14(21)19-13-17-11(15)8-12(18-13)20-7-4-5-10(2)9-20/h3,8,10H,1,4-7,9H2,2H3,(H2,16,17,18,19,21)/t10-/m1/s1. The quantitative estimate of drug-likeness (QED) is 0.504. The van der Waals surface area contributed by atoms with E-state index in [0.717, 1.165) is 18.9 Å². The van der Waals surface area contributed by atoms with Crippen molar-refractivity contribution in [2.75, 3.05) is 29.9 Å². The predicted octanol–water partition coefficient (Wildman–Crippen LogP) is 2.84. The maximum absolute atomic E-state index is 6.10. The van der Waals surface area contributed by atoms with Gasteiger partial charge in [0.15, 0.2) is 5.11 Å². The first-order valence-electron chi connectivity index (χ1n) is 7.03. The maximum atomic E-state index is 6.10. The molecule has 0 bridgehead atoms. The van der Waals surface area contributed by atoms with Crippen LogP contribution in [0.3, 0.4) is 0 Å². The summed E-state index contributed by atoms with van der Waals surface area (Å²) in [6.45, 7) is 8.45. The summed E-state index contributed by atoms with van der Waals surface area (Å²) in [7, 11) is 0. The summed E-state index contributed by atoms with van der Waals surface area (Å²) < 4.78 is 0. The van der Waals surface area contributed by atoms with E-state index in [0.29, 0.717) is 28.7 Å². The first-order valence-corrected chi connectivity index (χ1v) is 7.82. The van der Waals surface area contributed by atoms with E-state index in [9.17, 15) is 0 Å². The van der Waals surface area contributed by atoms with E-state index in [-0.39, 0.29) is 0 Å². The molecule has 2 heterocycles. The van der Waals surface area contributed by atoms with Crippen molar-refractivity contribution >= 4 is 40.7 Å². The molecule has 1 aliphatic heterocycles. The van der Waals surface area contributed by atoms with Crippen molar-refractivity contribution in [3.8, 4) is 0 Å². The first-order chi connectivity index (χ1) is 10.1. The van der Waals surface area contributed by atoms with Gasteiger partial charge in [-0.2, -0.15) is 4.98 Å². The molecule has 2 rings (SSSR count). The van der Waals surface area contributed by atoms with E-state index in [4.69, 9.17) is 23.8 Å². The zero-order valence-corrected chi connectivity index (χ0v) is 13.7. The maximum Gasteiger partial charge on any atom is 0.232 e. The van der Waals surface area contributed by atoms with Gasteiger partial charge in [0.1, 0.15) is 11.0 Å². The number of aromatic nitrogens is 2. The van der Waals surface area contributed by atoms with Crippen LogP contribution in [0.25, 0.3) is 0 Å². The number of piperidine rings is 1. The van der Waals surface area contributed by atoms with Gasteiger partial charge in [-0.15, -0.1) is 6.58 Å². The summed E-state index contributed by atoms with van der Waals surface area (Å²) in [4.78, 5) is 10.9. The fourth-order valence-electron chi connectivity index (χ4n) is 2.33. The Morgan fingerprint density at radius 3 is 3.14 bits per heavy atom. The van der Waals surface area contributed by atoms with Crippen molar-refractivity contribution in [3.63, 3.8) is 0 Å². The Hall–Kier alpha value is -1.40. The minimum Gasteiger partial charge on any atom is -0.359 e. The Bertz CT molecular complexity index is 522. The van der Waals surface area contributed by atoms with Crippen molar-refractivity contribution in [1.82, 2.24) is 15.3 Å². The van der Waals surface area contributed by atoms with E-state index >= 15 is 0 Å². The van der Waals surface area contributed by atoms with Crippen molar-refractivity contribution in [2.24, 2.45) is 5.92 Å². The molecule has 0 spiro atoms. The molecule has 0 saturated carbocycles. The van der Waals surface area contributed by atoms with Crippen LogP contribution in [0.4, 0.5) is 11.8 Å². The van der Waals surface area contributed by atoms with Crippen LogP contribution in [0.1, 0.15) is 19.8 Å². The molecule has 1 atom stereocenters. The molecule has 0 radical (unpaired) electrons. The predicted molar refractivity (Wildman–Crippen MR) is 92.1 cm³/mol. The van der Waals surface area contributed by atoms with Gasteiger partial charge < -0.3 is 15.5 Å². The molecular formula is C14H20ClN5S. The average Bonchev–Trinajstić information content (AvgIpc) is 2.44. The summed E-state index contributed by atoms with van der Waals surface area (Å²) in [5, 5.41) is 6.78. The Morgan fingerprint density at radius 2 is 2.43 bits per heavy atom. The third kappa shape index (κ3) is 4.82. The van der Waals surface area contributed by atoms with E-state index in [1.165, 1.54) is 12.8 Å². The topological polar surface area (TPSA) is 53.1 Å². The highest BCUT2D eigenvalue weighted by Gasteiger charge is 2.19. The van der Waals surface area contributed by atoms with E-state index in [1.807, 2.05) is 0 Å². The number of nitrogens with zero attached hydrogens (tertiary/aromatic N) is 3. The fraction of sp³-hybridized carbons (Fsp3) is 0.500. The van der Waals surface area contributed by atoms with Crippen molar-refractivity contribution < 1.29 is 0 Å². The lowest BCUT2D eigenvalue weighted by Crippen LogP contribution is -2.35. The van der Waals surface area contributed by atoms with Crippen LogP contribution in [0.5, 0.6) is 0 Å². The molecule has 21 heavy (non-hydrogen) atoms. The van der Waals surface area contributed by atoms with Crippen LogP contribution in [0.15, 0.2) is 18.7 Å². The van der Waals surface area contributed by atoms with E-state index in [2.05, 4.69) is 39.0 Å². The number of halogens is 1. The van der Waals surface area contributed by atoms with Crippen LogP contribution in [0.2, 0.25) is 5.15 Å². The SMILES string of the molecule is C=CCNC(=S)Nc1nc(Cl)cc(N2CCC[C@@H](C)C2)n1. The van der Waals surface area contributed by atoms with E-state index < -0.39 is 0 Å². The molecule has 1 aromatic heterocycles. The second-order valence-electron chi connectivity index (χ2n) is 5.19. The van der Waals surface area contributed by atoms with Gasteiger partial charge in [0.2, 0.25) is 5.95 Å². The van der Waals surface area contributed by atoms with Crippen LogP contribution in [-0.2, 0) is 0 Å². The molecule has 0 amide bonds. The number of nitrogens with one attached hydrogen (secondary N) is 2. The Kier molecular flexibility index (Phi) is 5.76. The van der Waals surface area contributed by atoms with Crippen LogP contribution in [-0.4, -0.2) is 34.7 Å².